The molecule has 1 saturated carbocycles. The topological polar surface area (TPSA) is 78.9 Å². The number of carbonyl (C=O) groups is 2. The summed E-state index contributed by atoms with van der Waals surface area (Å²) in [7, 11) is 1.33. The molecule has 2 fully saturated rings. The molecule has 6 heteroatoms. The molecule has 2 aliphatic rings. The van der Waals surface area contributed by atoms with Gasteiger partial charge in [0.15, 0.2) is 0 Å². The fraction of sp³-hybridized carbons (Fsp3) is 0.857. The summed E-state index contributed by atoms with van der Waals surface area (Å²) in [5, 5.41) is 12.8. The number of aliphatic hydroxyl groups excluding tert-OH is 1. The van der Waals surface area contributed by atoms with Gasteiger partial charge >= 0.3 is 5.97 Å². The maximum Gasteiger partial charge on any atom is 0.323 e. The number of β-amino-alcohol motifs (C(OH)–C–C–N with tert-alkyl or cyclic N) is 1. The number of carbonyl (C=O) groups excluding carboxylic acids is 2. The Balaban J connectivity index is 1.96. The van der Waals surface area contributed by atoms with E-state index in [0.717, 1.165) is 25.7 Å². The number of amides is 1. The molecule has 3 unspecified atom stereocenters. The molecule has 2 N–H and O–H groups in total. The first-order chi connectivity index (χ1) is 9.52. The van der Waals surface area contributed by atoms with Crippen LogP contribution in [0, 0.1) is 0 Å². The van der Waals surface area contributed by atoms with Crippen LogP contribution in [0.3, 0.4) is 0 Å². The second-order valence-electron chi connectivity index (χ2n) is 5.79. The van der Waals surface area contributed by atoms with Gasteiger partial charge in [0.2, 0.25) is 5.91 Å². The maximum absolute atomic E-state index is 12.3. The number of rotatable bonds is 4. The minimum Gasteiger partial charge on any atom is -0.468 e. The van der Waals surface area contributed by atoms with E-state index in [4.69, 9.17) is 4.74 Å². The van der Waals surface area contributed by atoms with E-state index < -0.39 is 18.2 Å². The Kier molecular flexibility index (Phi) is 4.99. The van der Waals surface area contributed by atoms with E-state index >= 15 is 0 Å². The molecule has 0 bridgehead atoms. The second-order valence-corrected chi connectivity index (χ2v) is 5.79. The molecule has 1 saturated heterocycles. The standard InChI is InChI=1S/C14H24N2O4/c1-9(13(18)15-10-5-3-4-6-10)16-8-11(17)7-12(16)14(19)20-2/h9-12,17H,3-8H2,1-2H3,(H,15,18). The molecule has 3 atom stereocenters. The lowest BCUT2D eigenvalue weighted by atomic mass is 10.1. The first-order valence-electron chi connectivity index (χ1n) is 7.35. The number of nitrogens with zero attached hydrogens (tertiary/aromatic N) is 1. The smallest absolute Gasteiger partial charge is 0.323 e. The SMILES string of the molecule is COC(=O)C1CC(O)CN1C(C)C(=O)NC1CCCC1. The minimum atomic E-state index is -0.583. The number of aliphatic hydroxyl groups is 1. The van der Waals surface area contributed by atoms with Crippen molar-refractivity contribution in [2.24, 2.45) is 0 Å². The number of ether oxygens (including phenoxy) is 1. The molecule has 114 valence electrons. The molecule has 2 rings (SSSR count). The van der Waals surface area contributed by atoms with E-state index in [-0.39, 0.29) is 17.9 Å². The molecule has 0 aromatic carbocycles. The summed E-state index contributed by atoms with van der Waals surface area (Å²) in [6, 6.07) is -0.703. The van der Waals surface area contributed by atoms with Crippen LogP contribution in [0.4, 0.5) is 0 Å². The molecular weight excluding hydrogens is 260 g/mol. The number of methoxy groups -OCH3 is 1. The Hall–Kier alpha value is -1.14. The van der Waals surface area contributed by atoms with Crippen LogP contribution in [0.15, 0.2) is 0 Å². The second kappa shape index (κ2) is 6.54. The third-order valence-corrected chi connectivity index (χ3v) is 4.37. The van der Waals surface area contributed by atoms with Crippen molar-refractivity contribution in [1.29, 1.82) is 0 Å². The number of esters is 1. The summed E-state index contributed by atoms with van der Waals surface area (Å²) >= 11 is 0. The highest BCUT2D eigenvalue weighted by atomic mass is 16.5. The Morgan fingerprint density at radius 1 is 1.35 bits per heavy atom. The molecule has 1 aliphatic heterocycles. The Bertz CT molecular complexity index is 368. The number of nitrogens with one attached hydrogen (secondary N) is 1. The molecule has 0 aromatic rings. The highest BCUT2D eigenvalue weighted by Crippen LogP contribution is 2.23. The maximum atomic E-state index is 12.3. The summed E-state index contributed by atoms with van der Waals surface area (Å²) in [5.41, 5.74) is 0. The first-order valence-corrected chi connectivity index (χ1v) is 7.35. The van der Waals surface area contributed by atoms with Gasteiger partial charge in [-0.15, -0.1) is 0 Å². The van der Waals surface area contributed by atoms with Gasteiger partial charge in [0.05, 0.1) is 19.3 Å². The van der Waals surface area contributed by atoms with E-state index in [1.54, 1.807) is 11.8 Å². The molecule has 20 heavy (non-hydrogen) atoms. The number of hydrogen-bond acceptors (Lipinski definition) is 5. The largest absolute Gasteiger partial charge is 0.468 e. The molecule has 1 heterocycles. The average Bonchev–Trinajstić information content (AvgIpc) is 3.06. The van der Waals surface area contributed by atoms with Gasteiger partial charge in [0, 0.05) is 19.0 Å². The predicted octanol–water partition coefficient (Wildman–Crippen LogP) is 0.0419. The Morgan fingerprint density at radius 2 is 2.00 bits per heavy atom. The van der Waals surface area contributed by atoms with Gasteiger partial charge in [0.1, 0.15) is 6.04 Å². The summed E-state index contributed by atoms with van der Waals surface area (Å²) in [5.74, 6) is -0.457. The van der Waals surface area contributed by atoms with E-state index in [9.17, 15) is 14.7 Å². The summed E-state index contributed by atoms with van der Waals surface area (Å²) < 4.78 is 4.75. The summed E-state index contributed by atoms with van der Waals surface area (Å²) in [6.45, 7) is 2.11. The van der Waals surface area contributed by atoms with E-state index in [2.05, 4.69) is 5.32 Å². The lowest BCUT2D eigenvalue weighted by Gasteiger charge is -2.28. The van der Waals surface area contributed by atoms with Crippen LogP contribution in [0.25, 0.3) is 0 Å². The fourth-order valence-corrected chi connectivity index (χ4v) is 3.18. The summed E-state index contributed by atoms with van der Waals surface area (Å²) in [6.07, 6.45) is 4.12. The van der Waals surface area contributed by atoms with Crippen molar-refractivity contribution < 1.29 is 19.4 Å². The highest BCUT2D eigenvalue weighted by molar-refractivity contribution is 5.83. The lowest BCUT2D eigenvalue weighted by Crippen LogP contribution is -2.51. The zero-order chi connectivity index (χ0) is 14.7. The normalized spacial score (nSPS) is 29.4. The quantitative estimate of drug-likeness (QED) is 0.713. The van der Waals surface area contributed by atoms with Gasteiger partial charge < -0.3 is 15.2 Å². The third kappa shape index (κ3) is 3.30. The van der Waals surface area contributed by atoms with E-state index in [1.165, 1.54) is 7.11 Å². The van der Waals surface area contributed by atoms with Crippen molar-refractivity contribution in [3.8, 4) is 0 Å². The van der Waals surface area contributed by atoms with Crippen molar-refractivity contribution in [3.05, 3.63) is 0 Å². The van der Waals surface area contributed by atoms with Gasteiger partial charge in [-0.05, 0) is 19.8 Å². The Morgan fingerprint density at radius 3 is 2.60 bits per heavy atom. The third-order valence-electron chi connectivity index (χ3n) is 4.37. The number of hydrogen-bond donors (Lipinski definition) is 2. The van der Waals surface area contributed by atoms with Crippen molar-refractivity contribution in [2.75, 3.05) is 13.7 Å². The number of likely N-dealkylation sites (tertiary alicyclic amines) is 1. The monoisotopic (exact) mass is 284 g/mol. The van der Waals surface area contributed by atoms with E-state index in [1.807, 2.05) is 0 Å². The Labute approximate surface area is 119 Å². The van der Waals surface area contributed by atoms with Crippen LogP contribution in [-0.2, 0) is 14.3 Å². The van der Waals surface area contributed by atoms with Crippen LogP contribution in [0.1, 0.15) is 39.0 Å². The average molecular weight is 284 g/mol. The van der Waals surface area contributed by atoms with Crippen LogP contribution in [0.5, 0.6) is 0 Å². The lowest BCUT2D eigenvalue weighted by molar-refractivity contribution is -0.147. The van der Waals surface area contributed by atoms with Gasteiger partial charge in [-0.25, -0.2) is 0 Å². The van der Waals surface area contributed by atoms with Gasteiger partial charge in [-0.2, -0.15) is 0 Å². The van der Waals surface area contributed by atoms with Crippen molar-refractivity contribution >= 4 is 11.9 Å². The molecule has 0 radical (unpaired) electrons. The van der Waals surface area contributed by atoms with Gasteiger partial charge in [-0.1, -0.05) is 12.8 Å². The molecule has 1 amide bonds. The van der Waals surface area contributed by atoms with Crippen LogP contribution >= 0.6 is 0 Å². The zero-order valence-corrected chi connectivity index (χ0v) is 12.2. The van der Waals surface area contributed by atoms with Gasteiger partial charge in [-0.3, -0.25) is 14.5 Å². The van der Waals surface area contributed by atoms with Crippen molar-refractivity contribution in [1.82, 2.24) is 10.2 Å². The molecule has 0 aromatic heterocycles. The van der Waals surface area contributed by atoms with Crippen LogP contribution in [-0.4, -0.2) is 59.8 Å². The van der Waals surface area contributed by atoms with Crippen molar-refractivity contribution in [2.45, 2.75) is 63.3 Å². The zero-order valence-electron chi connectivity index (χ0n) is 12.2. The van der Waals surface area contributed by atoms with Gasteiger partial charge in [0.25, 0.3) is 0 Å². The summed E-state index contributed by atoms with van der Waals surface area (Å²) in [4.78, 5) is 25.7. The molecular formula is C14H24N2O4. The molecule has 0 spiro atoms. The minimum absolute atomic E-state index is 0.0695. The first kappa shape index (κ1) is 15.3. The van der Waals surface area contributed by atoms with Crippen molar-refractivity contribution in [3.63, 3.8) is 0 Å². The van der Waals surface area contributed by atoms with Crippen LogP contribution < -0.4 is 5.32 Å². The van der Waals surface area contributed by atoms with E-state index in [0.29, 0.717) is 13.0 Å². The van der Waals surface area contributed by atoms with Crippen LogP contribution in [0.2, 0.25) is 0 Å². The fourth-order valence-electron chi connectivity index (χ4n) is 3.18. The highest BCUT2D eigenvalue weighted by Gasteiger charge is 2.41. The molecule has 6 nitrogen and oxygen atoms in total. The molecule has 1 aliphatic carbocycles. The predicted molar refractivity (Wildman–Crippen MR) is 73.0 cm³/mol.